The maximum absolute atomic E-state index is 13.3. The second kappa shape index (κ2) is 13.4. The molecule has 0 saturated heterocycles. The number of carbonyl (C=O) groups excluding carboxylic acids is 2. The molecule has 0 bridgehead atoms. The summed E-state index contributed by atoms with van der Waals surface area (Å²) in [6.45, 7) is -0.302. The number of rotatable bonds is 11. The highest BCUT2D eigenvalue weighted by Crippen LogP contribution is 2.23. The Morgan fingerprint density at radius 1 is 1.11 bits per heavy atom. The molecule has 0 saturated carbocycles. The minimum Gasteiger partial charge on any atom is -0.497 e. The number of hydrogen-bond donors (Lipinski definition) is 4. The van der Waals surface area contributed by atoms with Crippen LogP contribution in [0.2, 0.25) is 0 Å². The van der Waals surface area contributed by atoms with Crippen molar-refractivity contribution >= 4 is 35.5 Å². The van der Waals surface area contributed by atoms with Gasteiger partial charge in [-0.1, -0.05) is 24.3 Å². The molecule has 3 rings (SSSR count). The standard InChI is InChI=1S/C26H26FN3O5S/c1-35-22-8-9-24(23(12-22)26(34)30-28-13-17-4-3-7-20(27)11-17)29-25(33)19-6-2-5-18(10-19)15-36-16-21(32)14-31/h2-13,21,31-32H,14-16H2,1H3,(H,29,33)(H,30,34). The Kier molecular flexibility index (Phi) is 9.99. The van der Waals surface area contributed by atoms with Gasteiger partial charge in [0.1, 0.15) is 11.6 Å². The predicted molar refractivity (Wildman–Crippen MR) is 138 cm³/mol. The Balaban J connectivity index is 1.72. The number of halogens is 1. The maximum atomic E-state index is 13.3. The number of methoxy groups -OCH3 is 1. The van der Waals surface area contributed by atoms with Crippen LogP contribution in [0.1, 0.15) is 31.8 Å². The monoisotopic (exact) mass is 511 g/mol. The molecule has 0 heterocycles. The first-order valence-corrected chi connectivity index (χ1v) is 12.1. The van der Waals surface area contributed by atoms with Crippen LogP contribution in [0.4, 0.5) is 10.1 Å². The zero-order valence-electron chi connectivity index (χ0n) is 19.5. The van der Waals surface area contributed by atoms with Gasteiger partial charge in [-0.05, 0) is 53.6 Å². The number of aliphatic hydroxyl groups is 2. The highest BCUT2D eigenvalue weighted by atomic mass is 32.2. The van der Waals surface area contributed by atoms with E-state index in [0.29, 0.717) is 28.4 Å². The van der Waals surface area contributed by atoms with Gasteiger partial charge in [-0.15, -0.1) is 0 Å². The summed E-state index contributed by atoms with van der Waals surface area (Å²) in [6.07, 6.45) is 0.516. The van der Waals surface area contributed by atoms with Crippen LogP contribution < -0.4 is 15.5 Å². The van der Waals surface area contributed by atoms with E-state index in [-0.39, 0.29) is 17.9 Å². The van der Waals surface area contributed by atoms with E-state index in [9.17, 15) is 19.1 Å². The van der Waals surface area contributed by atoms with E-state index in [1.165, 1.54) is 49.4 Å². The quantitative estimate of drug-likeness (QED) is 0.231. The van der Waals surface area contributed by atoms with Gasteiger partial charge in [0.15, 0.2) is 0 Å². The molecule has 188 valence electrons. The zero-order valence-corrected chi connectivity index (χ0v) is 20.3. The highest BCUT2D eigenvalue weighted by molar-refractivity contribution is 7.98. The molecular weight excluding hydrogens is 485 g/mol. The first-order valence-electron chi connectivity index (χ1n) is 10.9. The number of anilines is 1. The summed E-state index contributed by atoms with van der Waals surface area (Å²) in [6, 6.07) is 17.4. The zero-order chi connectivity index (χ0) is 25.9. The number of amides is 2. The van der Waals surface area contributed by atoms with E-state index in [2.05, 4.69) is 15.8 Å². The predicted octanol–water partition coefficient (Wildman–Crippen LogP) is 3.44. The molecule has 0 spiro atoms. The molecule has 2 amide bonds. The summed E-state index contributed by atoms with van der Waals surface area (Å²) in [5, 5.41) is 25.0. The van der Waals surface area contributed by atoms with Crippen molar-refractivity contribution in [1.29, 1.82) is 0 Å². The molecule has 0 aliphatic heterocycles. The van der Waals surface area contributed by atoms with Crippen molar-refractivity contribution in [2.45, 2.75) is 11.9 Å². The van der Waals surface area contributed by atoms with Crippen molar-refractivity contribution in [2.75, 3.05) is 24.8 Å². The fourth-order valence-electron chi connectivity index (χ4n) is 3.12. The van der Waals surface area contributed by atoms with Crippen molar-refractivity contribution in [2.24, 2.45) is 5.10 Å². The lowest BCUT2D eigenvalue weighted by atomic mass is 10.1. The van der Waals surface area contributed by atoms with E-state index in [1.807, 2.05) is 6.07 Å². The van der Waals surface area contributed by atoms with Crippen molar-refractivity contribution in [3.63, 3.8) is 0 Å². The Hall–Kier alpha value is -3.73. The van der Waals surface area contributed by atoms with E-state index >= 15 is 0 Å². The molecule has 10 heteroatoms. The lowest BCUT2D eigenvalue weighted by Gasteiger charge is -2.12. The molecule has 0 aliphatic rings. The van der Waals surface area contributed by atoms with Gasteiger partial charge in [-0.25, -0.2) is 9.82 Å². The van der Waals surface area contributed by atoms with Crippen LogP contribution in [0.15, 0.2) is 71.8 Å². The Bertz CT molecular complexity index is 1240. The van der Waals surface area contributed by atoms with Crippen molar-refractivity contribution in [1.82, 2.24) is 5.43 Å². The third-order valence-electron chi connectivity index (χ3n) is 4.93. The molecule has 0 aromatic heterocycles. The Morgan fingerprint density at radius 2 is 1.92 bits per heavy atom. The number of nitrogens with one attached hydrogen (secondary N) is 2. The van der Waals surface area contributed by atoms with Crippen molar-refractivity contribution in [3.05, 3.63) is 94.8 Å². The molecule has 0 fully saturated rings. The van der Waals surface area contributed by atoms with Gasteiger partial charge in [0.2, 0.25) is 0 Å². The largest absolute Gasteiger partial charge is 0.497 e. The molecular formula is C26H26FN3O5S. The SMILES string of the molecule is COc1ccc(NC(=O)c2cccc(CSCC(O)CO)c2)c(C(=O)NN=Cc2cccc(F)c2)c1. The number of aliphatic hydroxyl groups excluding tert-OH is 2. The average molecular weight is 512 g/mol. The molecule has 4 N–H and O–H groups in total. The van der Waals surface area contributed by atoms with Gasteiger partial charge >= 0.3 is 0 Å². The second-order valence-corrected chi connectivity index (χ2v) is 8.70. The molecule has 1 unspecified atom stereocenters. The van der Waals surface area contributed by atoms with E-state index in [4.69, 9.17) is 9.84 Å². The summed E-state index contributed by atoms with van der Waals surface area (Å²) in [5.74, 6) is -0.0922. The van der Waals surface area contributed by atoms with Gasteiger partial charge in [0.05, 0.1) is 37.3 Å². The fourth-order valence-corrected chi connectivity index (χ4v) is 4.03. The number of ether oxygens (including phenoxy) is 1. The molecule has 0 aliphatic carbocycles. The summed E-state index contributed by atoms with van der Waals surface area (Å²) < 4.78 is 18.5. The van der Waals surface area contributed by atoms with Gasteiger partial charge < -0.3 is 20.3 Å². The second-order valence-electron chi connectivity index (χ2n) is 7.67. The van der Waals surface area contributed by atoms with Crippen LogP contribution in [0.25, 0.3) is 0 Å². The third kappa shape index (κ3) is 7.91. The summed E-state index contributed by atoms with van der Waals surface area (Å²) >= 11 is 1.44. The minimum atomic E-state index is -0.792. The van der Waals surface area contributed by atoms with E-state index in [0.717, 1.165) is 5.56 Å². The van der Waals surface area contributed by atoms with Gasteiger partial charge in [0.25, 0.3) is 11.8 Å². The molecule has 8 nitrogen and oxygen atoms in total. The van der Waals surface area contributed by atoms with Crippen LogP contribution in [0, 0.1) is 5.82 Å². The first kappa shape index (κ1) is 26.9. The maximum Gasteiger partial charge on any atom is 0.273 e. The molecule has 3 aromatic rings. The molecule has 1 atom stereocenters. The number of thioether (sulfide) groups is 1. The molecule has 0 radical (unpaired) electrons. The smallest absolute Gasteiger partial charge is 0.273 e. The lowest BCUT2D eigenvalue weighted by Crippen LogP contribution is -2.21. The normalized spacial score (nSPS) is 11.8. The average Bonchev–Trinajstić information content (AvgIpc) is 2.89. The van der Waals surface area contributed by atoms with Crippen molar-refractivity contribution < 1.29 is 28.9 Å². The van der Waals surface area contributed by atoms with Crippen LogP contribution in [-0.2, 0) is 5.75 Å². The summed E-state index contributed by atoms with van der Waals surface area (Å²) in [5.41, 5.74) is 4.50. The van der Waals surface area contributed by atoms with Gasteiger partial charge in [0, 0.05) is 17.1 Å². The van der Waals surface area contributed by atoms with Gasteiger partial charge in [-0.3, -0.25) is 9.59 Å². The Morgan fingerprint density at radius 3 is 2.67 bits per heavy atom. The van der Waals surface area contributed by atoms with Crippen LogP contribution in [-0.4, -0.2) is 53.8 Å². The number of benzene rings is 3. The number of hydrogen-bond acceptors (Lipinski definition) is 7. The minimum absolute atomic E-state index is 0.129. The number of nitrogens with zero attached hydrogens (tertiary/aromatic N) is 1. The van der Waals surface area contributed by atoms with Crippen LogP contribution >= 0.6 is 11.8 Å². The first-order chi connectivity index (χ1) is 17.4. The number of carbonyl (C=O) groups is 2. The van der Waals surface area contributed by atoms with Crippen molar-refractivity contribution in [3.8, 4) is 5.75 Å². The van der Waals surface area contributed by atoms with E-state index < -0.39 is 23.7 Å². The van der Waals surface area contributed by atoms with E-state index in [1.54, 1.807) is 36.4 Å². The summed E-state index contributed by atoms with van der Waals surface area (Å²) in [4.78, 5) is 25.8. The lowest BCUT2D eigenvalue weighted by molar-refractivity contribution is 0.0955. The number of hydrazone groups is 1. The summed E-state index contributed by atoms with van der Waals surface area (Å²) in [7, 11) is 1.46. The van der Waals surface area contributed by atoms with Crippen LogP contribution in [0.5, 0.6) is 5.75 Å². The van der Waals surface area contributed by atoms with Crippen LogP contribution in [0.3, 0.4) is 0 Å². The molecule has 36 heavy (non-hydrogen) atoms. The molecule has 3 aromatic carbocycles. The highest BCUT2D eigenvalue weighted by Gasteiger charge is 2.16. The fraction of sp³-hybridized carbons (Fsp3) is 0.192. The van der Waals surface area contributed by atoms with Gasteiger partial charge in [-0.2, -0.15) is 16.9 Å². The Labute approximate surface area is 212 Å². The third-order valence-corrected chi connectivity index (χ3v) is 6.08. The topological polar surface area (TPSA) is 120 Å².